The smallest absolute Gasteiger partial charge is 0.224 e. The summed E-state index contributed by atoms with van der Waals surface area (Å²) in [6.45, 7) is 3.09. The standard InChI is InChI=1S/C17H20N2O/c1-13-4-2-5-14(8-13)10-17(20)19-12-16-7-3-6-15(9-16)11-18/h2-9H,10-12,18H2,1H3,(H,19,20). The van der Waals surface area contributed by atoms with E-state index in [0.717, 1.165) is 16.7 Å². The maximum Gasteiger partial charge on any atom is 0.224 e. The van der Waals surface area contributed by atoms with Crippen LogP contribution in [0.5, 0.6) is 0 Å². The predicted molar refractivity (Wildman–Crippen MR) is 81.1 cm³/mol. The van der Waals surface area contributed by atoms with E-state index in [0.29, 0.717) is 19.5 Å². The molecule has 0 aliphatic heterocycles. The number of amides is 1. The molecule has 0 heterocycles. The molecule has 104 valence electrons. The lowest BCUT2D eigenvalue weighted by molar-refractivity contribution is -0.120. The molecule has 2 rings (SSSR count). The Kier molecular flexibility index (Phi) is 4.91. The van der Waals surface area contributed by atoms with Crippen LogP contribution in [0.25, 0.3) is 0 Å². The minimum atomic E-state index is 0.0359. The number of benzene rings is 2. The second kappa shape index (κ2) is 6.87. The molecule has 3 heteroatoms. The van der Waals surface area contributed by atoms with Crippen molar-refractivity contribution in [2.24, 2.45) is 5.73 Å². The highest BCUT2D eigenvalue weighted by atomic mass is 16.1. The van der Waals surface area contributed by atoms with Crippen LogP contribution >= 0.6 is 0 Å². The largest absolute Gasteiger partial charge is 0.352 e. The topological polar surface area (TPSA) is 55.1 Å². The Hall–Kier alpha value is -2.13. The Morgan fingerprint density at radius 2 is 1.75 bits per heavy atom. The number of nitrogens with one attached hydrogen (secondary N) is 1. The molecule has 2 aromatic rings. The first-order valence-electron chi connectivity index (χ1n) is 6.77. The summed E-state index contributed by atoms with van der Waals surface area (Å²) in [6, 6.07) is 16.0. The van der Waals surface area contributed by atoms with Gasteiger partial charge in [0.1, 0.15) is 0 Å². The van der Waals surface area contributed by atoms with Crippen molar-refractivity contribution in [1.29, 1.82) is 0 Å². The fourth-order valence-corrected chi connectivity index (χ4v) is 2.14. The van der Waals surface area contributed by atoms with E-state index in [-0.39, 0.29) is 5.91 Å². The first-order valence-corrected chi connectivity index (χ1v) is 6.77. The summed E-state index contributed by atoms with van der Waals surface area (Å²) in [5.74, 6) is 0.0359. The molecule has 0 atom stereocenters. The van der Waals surface area contributed by atoms with Gasteiger partial charge in [-0.1, -0.05) is 54.1 Å². The number of hydrogen-bond acceptors (Lipinski definition) is 2. The molecule has 3 N–H and O–H groups in total. The second-order valence-corrected chi connectivity index (χ2v) is 4.97. The first-order chi connectivity index (χ1) is 9.67. The SMILES string of the molecule is Cc1cccc(CC(=O)NCc2cccc(CN)c2)c1. The third-order valence-corrected chi connectivity index (χ3v) is 3.16. The zero-order chi connectivity index (χ0) is 14.4. The molecule has 0 saturated carbocycles. The van der Waals surface area contributed by atoms with Crippen molar-refractivity contribution in [3.05, 3.63) is 70.8 Å². The van der Waals surface area contributed by atoms with Crippen LogP contribution in [0.15, 0.2) is 48.5 Å². The summed E-state index contributed by atoms with van der Waals surface area (Å²) in [5.41, 5.74) is 9.97. The van der Waals surface area contributed by atoms with Gasteiger partial charge in [0.05, 0.1) is 6.42 Å². The minimum absolute atomic E-state index is 0.0359. The van der Waals surface area contributed by atoms with Crippen LogP contribution in [-0.2, 0) is 24.3 Å². The van der Waals surface area contributed by atoms with E-state index in [1.807, 2.05) is 55.5 Å². The van der Waals surface area contributed by atoms with E-state index in [1.54, 1.807) is 0 Å². The first kappa shape index (κ1) is 14.3. The lowest BCUT2D eigenvalue weighted by Gasteiger charge is -2.07. The van der Waals surface area contributed by atoms with Crippen molar-refractivity contribution in [1.82, 2.24) is 5.32 Å². The molecule has 0 aliphatic rings. The van der Waals surface area contributed by atoms with Crippen molar-refractivity contribution in [2.45, 2.75) is 26.4 Å². The lowest BCUT2D eigenvalue weighted by atomic mass is 10.1. The Morgan fingerprint density at radius 3 is 2.50 bits per heavy atom. The predicted octanol–water partition coefficient (Wildman–Crippen LogP) is 2.31. The molecular weight excluding hydrogens is 248 g/mol. The zero-order valence-corrected chi connectivity index (χ0v) is 11.7. The molecule has 3 nitrogen and oxygen atoms in total. The van der Waals surface area contributed by atoms with Gasteiger partial charge in [-0.25, -0.2) is 0 Å². The summed E-state index contributed by atoms with van der Waals surface area (Å²) < 4.78 is 0. The molecule has 0 aromatic heterocycles. The van der Waals surface area contributed by atoms with E-state index in [9.17, 15) is 4.79 Å². The van der Waals surface area contributed by atoms with Crippen LogP contribution in [0.3, 0.4) is 0 Å². The summed E-state index contributed by atoms with van der Waals surface area (Å²) in [6.07, 6.45) is 0.415. The quantitative estimate of drug-likeness (QED) is 0.874. The average Bonchev–Trinajstić information content (AvgIpc) is 2.45. The monoisotopic (exact) mass is 268 g/mol. The number of carbonyl (C=O) groups is 1. The number of aryl methyl sites for hydroxylation is 1. The van der Waals surface area contributed by atoms with Gasteiger partial charge in [0, 0.05) is 13.1 Å². The molecule has 0 bridgehead atoms. The van der Waals surface area contributed by atoms with Crippen molar-refractivity contribution in [3.63, 3.8) is 0 Å². The van der Waals surface area contributed by atoms with Gasteiger partial charge in [0.15, 0.2) is 0 Å². The fourth-order valence-electron chi connectivity index (χ4n) is 2.14. The normalized spacial score (nSPS) is 10.3. The molecule has 0 unspecified atom stereocenters. The van der Waals surface area contributed by atoms with Crippen LogP contribution < -0.4 is 11.1 Å². The van der Waals surface area contributed by atoms with Gasteiger partial charge in [-0.05, 0) is 23.6 Å². The number of nitrogens with two attached hydrogens (primary N) is 1. The Labute approximate surface area is 119 Å². The van der Waals surface area contributed by atoms with Crippen LogP contribution in [0, 0.1) is 6.92 Å². The molecule has 2 aromatic carbocycles. The van der Waals surface area contributed by atoms with Crippen molar-refractivity contribution in [3.8, 4) is 0 Å². The van der Waals surface area contributed by atoms with Gasteiger partial charge in [0.25, 0.3) is 0 Å². The Morgan fingerprint density at radius 1 is 1.05 bits per heavy atom. The molecule has 0 spiro atoms. The van der Waals surface area contributed by atoms with E-state index in [1.165, 1.54) is 5.56 Å². The maximum absolute atomic E-state index is 11.9. The Bertz CT molecular complexity index is 593. The average molecular weight is 268 g/mol. The molecular formula is C17H20N2O. The molecule has 0 saturated heterocycles. The van der Waals surface area contributed by atoms with E-state index in [2.05, 4.69) is 5.32 Å². The summed E-state index contributed by atoms with van der Waals surface area (Å²) in [7, 11) is 0. The highest BCUT2D eigenvalue weighted by Gasteiger charge is 2.03. The highest BCUT2D eigenvalue weighted by Crippen LogP contribution is 2.06. The van der Waals surface area contributed by atoms with E-state index in [4.69, 9.17) is 5.73 Å². The van der Waals surface area contributed by atoms with Gasteiger partial charge >= 0.3 is 0 Å². The minimum Gasteiger partial charge on any atom is -0.352 e. The molecule has 20 heavy (non-hydrogen) atoms. The van der Waals surface area contributed by atoms with Crippen LogP contribution in [0.2, 0.25) is 0 Å². The Balaban J connectivity index is 1.88. The van der Waals surface area contributed by atoms with E-state index >= 15 is 0 Å². The molecule has 0 radical (unpaired) electrons. The number of carbonyl (C=O) groups excluding carboxylic acids is 1. The third-order valence-electron chi connectivity index (χ3n) is 3.16. The van der Waals surface area contributed by atoms with Gasteiger partial charge < -0.3 is 11.1 Å². The number of hydrogen-bond donors (Lipinski definition) is 2. The fraction of sp³-hybridized carbons (Fsp3) is 0.235. The van der Waals surface area contributed by atoms with Gasteiger partial charge in [-0.2, -0.15) is 0 Å². The summed E-state index contributed by atoms with van der Waals surface area (Å²) in [5, 5.41) is 2.94. The van der Waals surface area contributed by atoms with Crippen LogP contribution in [0.4, 0.5) is 0 Å². The molecule has 1 amide bonds. The van der Waals surface area contributed by atoms with Crippen molar-refractivity contribution < 1.29 is 4.79 Å². The highest BCUT2D eigenvalue weighted by molar-refractivity contribution is 5.78. The lowest BCUT2D eigenvalue weighted by Crippen LogP contribution is -2.24. The number of rotatable bonds is 5. The van der Waals surface area contributed by atoms with Crippen LogP contribution in [-0.4, -0.2) is 5.91 Å². The molecule has 0 fully saturated rings. The molecule has 0 aliphatic carbocycles. The van der Waals surface area contributed by atoms with Gasteiger partial charge in [-0.15, -0.1) is 0 Å². The van der Waals surface area contributed by atoms with Crippen molar-refractivity contribution >= 4 is 5.91 Å². The third kappa shape index (κ3) is 4.21. The van der Waals surface area contributed by atoms with Crippen LogP contribution in [0.1, 0.15) is 22.3 Å². The second-order valence-electron chi connectivity index (χ2n) is 4.97. The maximum atomic E-state index is 11.9. The summed E-state index contributed by atoms with van der Waals surface area (Å²) in [4.78, 5) is 11.9. The summed E-state index contributed by atoms with van der Waals surface area (Å²) >= 11 is 0. The van der Waals surface area contributed by atoms with Crippen molar-refractivity contribution in [2.75, 3.05) is 0 Å². The van der Waals surface area contributed by atoms with E-state index < -0.39 is 0 Å². The van der Waals surface area contributed by atoms with Gasteiger partial charge in [0.2, 0.25) is 5.91 Å². The van der Waals surface area contributed by atoms with Gasteiger partial charge in [-0.3, -0.25) is 4.79 Å². The zero-order valence-electron chi connectivity index (χ0n) is 11.7.